The van der Waals surface area contributed by atoms with Crippen LogP contribution in [0.25, 0.3) is 33.4 Å². The molecule has 6 rings (SSSR count). The first-order valence-electron chi connectivity index (χ1n) is 15.5. The van der Waals surface area contributed by atoms with Crippen molar-refractivity contribution >= 4 is 28.7 Å². The van der Waals surface area contributed by atoms with Crippen LogP contribution in [-0.4, -0.2) is 72.1 Å². The molecule has 1 amide bonds. The molecule has 4 aromatic heterocycles. The van der Waals surface area contributed by atoms with E-state index in [-0.39, 0.29) is 5.91 Å². The number of ether oxygens (including phenoxy) is 3. The number of carbonyl (C=O) groups excluding carboxylic acids is 2. The summed E-state index contributed by atoms with van der Waals surface area (Å²) in [7, 11) is 8.05. The number of hydrogen-bond acceptors (Lipinski definition) is 9. The number of rotatable bonds is 11. The summed E-state index contributed by atoms with van der Waals surface area (Å²) in [5, 5.41) is 0.747. The number of benzene rings is 2. The molecule has 4 heterocycles. The van der Waals surface area contributed by atoms with Crippen LogP contribution in [0, 0.1) is 0 Å². The Bertz CT molecular complexity index is 2040. The van der Waals surface area contributed by atoms with E-state index in [0.29, 0.717) is 41.5 Å². The predicted molar refractivity (Wildman–Crippen MR) is 188 cm³/mol. The first kappa shape index (κ1) is 32.7. The van der Waals surface area contributed by atoms with Crippen LogP contribution in [0.1, 0.15) is 32.0 Å². The Hall–Kier alpha value is -6.23. The summed E-state index contributed by atoms with van der Waals surface area (Å²) in [6.45, 7) is 1.07. The summed E-state index contributed by atoms with van der Waals surface area (Å²) in [6, 6.07) is 25.2. The average Bonchev–Trinajstić information content (AvgIpc) is 3.59. The number of pyridine rings is 3. The third-order valence-corrected chi connectivity index (χ3v) is 8.17. The molecule has 11 heteroatoms. The molecular weight excluding hydrogens is 620 g/mol. The molecular formula is C38H36N6O5. The Morgan fingerprint density at radius 1 is 0.735 bits per heavy atom. The maximum Gasteiger partial charge on any atom is 0.354 e. The lowest BCUT2D eigenvalue weighted by molar-refractivity contribution is 0.0595. The maximum absolute atomic E-state index is 12.7. The number of anilines is 1. The average molecular weight is 657 g/mol. The molecule has 11 nitrogen and oxygen atoms in total. The molecule has 248 valence electrons. The number of hydrogen-bond donors (Lipinski definition) is 1. The lowest BCUT2D eigenvalue weighted by Gasteiger charge is -2.27. The molecule has 6 aromatic rings. The summed E-state index contributed by atoms with van der Waals surface area (Å²) >= 11 is 0. The standard InChI is InChI=1S/C38H36N6O5/c1-43(2)37(45)26-10-15-33(40-20-26)32-18-27(30-16-17-39-35-31(30)19-34(42-35)38(46)49-5)21-41-36(32)44(22-24-6-11-28(47-3)12-7-24)23-25-8-13-29(48-4)14-9-25/h6-21H,22-23H2,1-5H3,(H,39,42). The fourth-order valence-corrected chi connectivity index (χ4v) is 5.59. The molecule has 2 aromatic carbocycles. The first-order valence-corrected chi connectivity index (χ1v) is 15.5. The van der Waals surface area contributed by atoms with Gasteiger partial charge in [0.25, 0.3) is 5.91 Å². The van der Waals surface area contributed by atoms with Crippen LogP contribution in [0.4, 0.5) is 5.82 Å². The van der Waals surface area contributed by atoms with Gasteiger partial charge in [-0.05, 0) is 71.3 Å². The fraction of sp³-hybridized carbons (Fsp3) is 0.184. The van der Waals surface area contributed by atoms with Crippen LogP contribution in [0.5, 0.6) is 11.5 Å². The number of esters is 1. The molecule has 0 fully saturated rings. The fourth-order valence-electron chi connectivity index (χ4n) is 5.59. The summed E-state index contributed by atoms with van der Waals surface area (Å²) in [5.41, 5.74) is 6.48. The van der Waals surface area contributed by atoms with Crippen molar-refractivity contribution in [3.8, 4) is 33.9 Å². The van der Waals surface area contributed by atoms with Gasteiger partial charge in [0.15, 0.2) is 0 Å². The molecule has 0 aliphatic rings. The number of fused-ring (bicyclic) bond motifs is 1. The minimum atomic E-state index is -0.484. The number of carbonyl (C=O) groups is 2. The molecule has 0 aliphatic carbocycles. The Labute approximate surface area is 284 Å². The largest absolute Gasteiger partial charge is 0.497 e. The van der Waals surface area contributed by atoms with Crippen molar-refractivity contribution < 1.29 is 23.8 Å². The van der Waals surface area contributed by atoms with Gasteiger partial charge in [0, 0.05) is 62.3 Å². The number of aromatic nitrogens is 4. The zero-order chi connectivity index (χ0) is 34.5. The van der Waals surface area contributed by atoms with Crippen molar-refractivity contribution in [2.45, 2.75) is 13.1 Å². The van der Waals surface area contributed by atoms with Crippen LogP contribution in [-0.2, 0) is 17.8 Å². The molecule has 0 saturated carbocycles. The van der Waals surface area contributed by atoms with Gasteiger partial charge < -0.3 is 29.0 Å². The van der Waals surface area contributed by atoms with Crippen molar-refractivity contribution in [2.24, 2.45) is 0 Å². The van der Waals surface area contributed by atoms with Crippen LogP contribution in [0.2, 0.25) is 0 Å². The Kier molecular flexibility index (Phi) is 9.52. The van der Waals surface area contributed by atoms with Crippen LogP contribution >= 0.6 is 0 Å². The highest BCUT2D eigenvalue weighted by molar-refractivity contribution is 6.00. The second-order valence-electron chi connectivity index (χ2n) is 11.6. The van der Waals surface area contributed by atoms with Crippen molar-refractivity contribution in [1.29, 1.82) is 0 Å². The van der Waals surface area contributed by atoms with Gasteiger partial charge in [-0.1, -0.05) is 24.3 Å². The quantitative estimate of drug-likeness (QED) is 0.158. The minimum absolute atomic E-state index is 0.139. The third-order valence-electron chi connectivity index (χ3n) is 8.17. The molecule has 0 saturated heterocycles. The molecule has 0 aliphatic heterocycles. The number of H-pyrrole nitrogens is 1. The van der Waals surface area contributed by atoms with E-state index in [1.165, 1.54) is 12.0 Å². The predicted octanol–water partition coefficient (Wildman–Crippen LogP) is 6.40. The number of methoxy groups -OCH3 is 3. The van der Waals surface area contributed by atoms with Gasteiger partial charge in [0.2, 0.25) is 0 Å². The number of nitrogens with one attached hydrogen (secondary N) is 1. The monoisotopic (exact) mass is 656 g/mol. The van der Waals surface area contributed by atoms with Crippen LogP contribution in [0.15, 0.2) is 97.5 Å². The summed E-state index contributed by atoms with van der Waals surface area (Å²) in [6.07, 6.45) is 5.09. The number of aromatic amines is 1. The Morgan fingerprint density at radius 2 is 1.39 bits per heavy atom. The second-order valence-corrected chi connectivity index (χ2v) is 11.6. The summed E-state index contributed by atoms with van der Waals surface area (Å²) in [5.74, 6) is 1.62. The van der Waals surface area contributed by atoms with Gasteiger partial charge >= 0.3 is 5.97 Å². The van der Waals surface area contributed by atoms with Gasteiger partial charge in [0.05, 0.1) is 32.6 Å². The highest BCUT2D eigenvalue weighted by atomic mass is 16.5. The normalized spacial score (nSPS) is 10.9. The Morgan fingerprint density at radius 3 is 1.94 bits per heavy atom. The third kappa shape index (κ3) is 7.05. The number of nitrogens with zero attached hydrogens (tertiary/aromatic N) is 5. The van der Waals surface area contributed by atoms with E-state index in [1.54, 1.807) is 52.8 Å². The SMILES string of the molecule is COC(=O)c1cc2c(-c3cnc(N(Cc4ccc(OC)cc4)Cc4ccc(OC)cc4)c(-c4ccc(C(=O)N(C)C)cn4)c3)ccnc2[nH]1. The zero-order valence-electron chi connectivity index (χ0n) is 27.9. The molecule has 0 radical (unpaired) electrons. The van der Waals surface area contributed by atoms with Crippen molar-refractivity contribution in [2.75, 3.05) is 40.3 Å². The molecule has 0 spiro atoms. The zero-order valence-corrected chi connectivity index (χ0v) is 27.9. The minimum Gasteiger partial charge on any atom is -0.497 e. The van der Waals surface area contributed by atoms with E-state index in [9.17, 15) is 9.59 Å². The summed E-state index contributed by atoms with van der Waals surface area (Å²) in [4.78, 5) is 46.1. The Balaban J connectivity index is 1.50. The molecule has 49 heavy (non-hydrogen) atoms. The highest BCUT2D eigenvalue weighted by Gasteiger charge is 2.21. The van der Waals surface area contributed by atoms with E-state index >= 15 is 0 Å². The van der Waals surface area contributed by atoms with Gasteiger partial charge in [0.1, 0.15) is 28.7 Å². The molecule has 1 N–H and O–H groups in total. The lowest BCUT2D eigenvalue weighted by Crippen LogP contribution is -2.24. The maximum atomic E-state index is 12.7. The molecule has 0 unspecified atom stereocenters. The first-order chi connectivity index (χ1) is 23.8. The van der Waals surface area contributed by atoms with Crippen LogP contribution < -0.4 is 14.4 Å². The van der Waals surface area contributed by atoms with E-state index in [1.807, 2.05) is 72.9 Å². The van der Waals surface area contributed by atoms with Gasteiger partial charge in [-0.3, -0.25) is 9.78 Å². The summed E-state index contributed by atoms with van der Waals surface area (Å²) < 4.78 is 15.7. The van der Waals surface area contributed by atoms with Crippen molar-refractivity contribution in [3.63, 3.8) is 0 Å². The van der Waals surface area contributed by atoms with E-state index < -0.39 is 5.97 Å². The van der Waals surface area contributed by atoms with Gasteiger partial charge in [-0.2, -0.15) is 0 Å². The number of amides is 1. The van der Waals surface area contributed by atoms with Gasteiger partial charge in [-0.15, -0.1) is 0 Å². The highest BCUT2D eigenvalue weighted by Crippen LogP contribution is 2.36. The van der Waals surface area contributed by atoms with E-state index in [0.717, 1.165) is 44.7 Å². The second kappa shape index (κ2) is 14.3. The smallest absolute Gasteiger partial charge is 0.354 e. The van der Waals surface area contributed by atoms with Crippen molar-refractivity contribution in [1.82, 2.24) is 24.8 Å². The molecule has 0 atom stereocenters. The molecule has 0 bridgehead atoms. The van der Waals surface area contributed by atoms with E-state index in [4.69, 9.17) is 24.2 Å². The van der Waals surface area contributed by atoms with Crippen LogP contribution in [0.3, 0.4) is 0 Å². The van der Waals surface area contributed by atoms with Gasteiger partial charge in [-0.25, -0.2) is 14.8 Å². The topological polar surface area (TPSA) is 123 Å². The van der Waals surface area contributed by atoms with Crippen molar-refractivity contribution in [3.05, 3.63) is 120 Å². The lowest BCUT2D eigenvalue weighted by atomic mass is 10.0. The van der Waals surface area contributed by atoms with E-state index in [2.05, 4.69) is 14.9 Å².